The van der Waals surface area contributed by atoms with Gasteiger partial charge in [-0.15, -0.1) is 0 Å². The van der Waals surface area contributed by atoms with E-state index in [1.54, 1.807) is 5.48 Å². The molecule has 2 heterocycles. The minimum absolute atomic E-state index is 0.0625. The highest BCUT2D eigenvalue weighted by molar-refractivity contribution is 5.75. The second-order valence-electron chi connectivity index (χ2n) is 10.8. The van der Waals surface area contributed by atoms with Crippen LogP contribution < -0.4 is 10.8 Å². The lowest BCUT2D eigenvalue weighted by Crippen LogP contribution is -2.50. The number of benzene rings is 1. The maximum Gasteiger partial charge on any atom is 0.245 e. The van der Waals surface area contributed by atoms with Crippen LogP contribution in [-0.4, -0.2) is 54.1 Å². The molecule has 0 saturated carbocycles. The fourth-order valence-corrected chi connectivity index (χ4v) is 5.23. The number of carbonyl (C=O) groups is 1. The lowest BCUT2D eigenvalue weighted by atomic mass is 9.99. The number of hydrogen-bond acceptors (Lipinski definition) is 7. The second kappa shape index (κ2) is 15.8. The topological polar surface area (TPSA) is 98.3 Å². The Morgan fingerprint density at radius 2 is 1.65 bits per heavy atom. The van der Waals surface area contributed by atoms with E-state index in [1.807, 2.05) is 44.2 Å². The molecule has 2 unspecified atom stereocenters. The van der Waals surface area contributed by atoms with Crippen LogP contribution in [0.15, 0.2) is 30.3 Å². The summed E-state index contributed by atoms with van der Waals surface area (Å²) in [6.45, 7) is 7.12. The van der Waals surface area contributed by atoms with Crippen molar-refractivity contribution < 1.29 is 28.9 Å². The summed E-state index contributed by atoms with van der Waals surface area (Å²) in [6, 6.07) is 9.60. The zero-order valence-corrected chi connectivity index (χ0v) is 23.0. The van der Waals surface area contributed by atoms with E-state index < -0.39 is 36.3 Å². The Hall–Kier alpha value is -1.55. The van der Waals surface area contributed by atoms with E-state index in [-0.39, 0.29) is 12.5 Å². The van der Waals surface area contributed by atoms with E-state index in [2.05, 4.69) is 12.2 Å². The second-order valence-corrected chi connectivity index (χ2v) is 10.8. The van der Waals surface area contributed by atoms with Crippen LogP contribution in [0.5, 0.6) is 0 Å². The van der Waals surface area contributed by atoms with Crippen LogP contribution in [0.2, 0.25) is 0 Å². The van der Waals surface area contributed by atoms with Gasteiger partial charge in [-0.05, 0) is 32.4 Å². The molecule has 1 amide bonds. The molecule has 1 aromatic rings. The van der Waals surface area contributed by atoms with Gasteiger partial charge in [-0.2, -0.15) is 0 Å². The van der Waals surface area contributed by atoms with Crippen LogP contribution in [0.1, 0.15) is 97.0 Å². The van der Waals surface area contributed by atoms with Gasteiger partial charge in [-0.3, -0.25) is 10.0 Å². The Morgan fingerprint density at radius 3 is 2.30 bits per heavy atom. The molecule has 8 nitrogen and oxygen atoms in total. The van der Waals surface area contributed by atoms with Crippen molar-refractivity contribution in [2.24, 2.45) is 0 Å². The van der Waals surface area contributed by atoms with Crippen LogP contribution in [0, 0.1) is 0 Å². The molecule has 2 aliphatic rings. The number of rotatable bonds is 18. The van der Waals surface area contributed by atoms with Crippen LogP contribution >= 0.6 is 0 Å². The lowest BCUT2D eigenvalue weighted by Gasteiger charge is -2.31. The predicted molar refractivity (Wildman–Crippen MR) is 142 cm³/mol. The number of nitrogens with one attached hydrogen (secondary N) is 2. The first-order chi connectivity index (χ1) is 17.9. The molecule has 3 N–H and O–H groups in total. The molecule has 2 saturated heterocycles. The highest BCUT2D eigenvalue weighted by atomic mass is 16.8. The van der Waals surface area contributed by atoms with Gasteiger partial charge in [-0.1, -0.05) is 95.0 Å². The van der Waals surface area contributed by atoms with Gasteiger partial charge in [-0.25, -0.2) is 5.48 Å². The Balaban J connectivity index is 1.52. The summed E-state index contributed by atoms with van der Waals surface area (Å²) >= 11 is 0. The molecule has 0 radical (unpaired) electrons. The van der Waals surface area contributed by atoms with Crippen molar-refractivity contribution in [2.75, 3.05) is 6.54 Å². The molecule has 2 aliphatic heterocycles. The zero-order valence-electron chi connectivity index (χ0n) is 23.0. The van der Waals surface area contributed by atoms with Gasteiger partial charge in [0.2, 0.25) is 5.91 Å². The molecule has 0 aliphatic carbocycles. The number of hydroxylamine groups is 1. The first-order valence-electron chi connectivity index (χ1n) is 14.3. The molecule has 1 aromatic carbocycles. The first kappa shape index (κ1) is 30.0. The third-order valence-electron chi connectivity index (χ3n) is 7.18. The standard InChI is InChI=1S/C29H48N2O6/c1-4-5-6-7-8-9-10-11-12-16-19-30-23(20-24(32)31-33)25-26(34-21-22-17-14-13-15-18-22)27-28(35-25)37-29(2,3)36-27/h13-15,17-18,23,25-28,30,33H,4-12,16,19-21H2,1-3H3,(H,31,32)/t23?,25?,26-,27+,28+/m1/s1. The third-order valence-corrected chi connectivity index (χ3v) is 7.18. The Kier molecular flexibility index (Phi) is 12.8. The maximum absolute atomic E-state index is 12.2. The molecule has 0 aromatic heterocycles. The van der Waals surface area contributed by atoms with Crippen molar-refractivity contribution in [1.29, 1.82) is 0 Å². The summed E-state index contributed by atoms with van der Waals surface area (Å²) in [6.07, 6.45) is 10.9. The number of hydrogen-bond donors (Lipinski definition) is 3. The van der Waals surface area contributed by atoms with Gasteiger partial charge in [0.25, 0.3) is 0 Å². The smallest absolute Gasteiger partial charge is 0.245 e. The monoisotopic (exact) mass is 520 g/mol. The van der Waals surface area contributed by atoms with Gasteiger partial charge in [0.05, 0.1) is 6.61 Å². The van der Waals surface area contributed by atoms with Crippen molar-refractivity contribution in [3.8, 4) is 0 Å². The van der Waals surface area contributed by atoms with Crippen molar-refractivity contribution in [1.82, 2.24) is 10.8 Å². The van der Waals surface area contributed by atoms with Crippen LogP contribution in [0.3, 0.4) is 0 Å². The van der Waals surface area contributed by atoms with Crippen LogP contribution in [-0.2, 0) is 30.3 Å². The summed E-state index contributed by atoms with van der Waals surface area (Å²) in [5.74, 6) is -1.24. The van der Waals surface area contributed by atoms with Gasteiger partial charge in [0.1, 0.15) is 18.3 Å². The molecule has 37 heavy (non-hydrogen) atoms. The van der Waals surface area contributed by atoms with Crippen molar-refractivity contribution >= 4 is 5.91 Å². The van der Waals surface area contributed by atoms with Crippen molar-refractivity contribution in [3.05, 3.63) is 35.9 Å². The third kappa shape index (κ3) is 9.93. The normalized spacial score (nSPS) is 25.2. The summed E-state index contributed by atoms with van der Waals surface area (Å²) in [7, 11) is 0. The zero-order chi connectivity index (χ0) is 26.5. The Morgan fingerprint density at radius 1 is 1.00 bits per heavy atom. The van der Waals surface area contributed by atoms with E-state index in [0.29, 0.717) is 6.61 Å². The number of fused-ring (bicyclic) bond motifs is 1. The molecule has 8 heteroatoms. The Labute approximate surface area is 222 Å². The number of carbonyl (C=O) groups excluding carboxylic acids is 1. The van der Waals surface area contributed by atoms with Crippen molar-refractivity contribution in [3.63, 3.8) is 0 Å². The van der Waals surface area contributed by atoms with Crippen molar-refractivity contribution in [2.45, 2.75) is 134 Å². The van der Waals surface area contributed by atoms with Gasteiger partial charge >= 0.3 is 0 Å². The summed E-state index contributed by atoms with van der Waals surface area (Å²) in [4.78, 5) is 12.2. The first-order valence-corrected chi connectivity index (χ1v) is 14.3. The predicted octanol–water partition coefficient (Wildman–Crippen LogP) is 5.22. The fourth-order valence-electron chi connectivity index (χ4n) is 5.23. The summed E-state index contributed by atoms with van der Waals surface area (Å²) in [5, 5.41) is 12.7. The van der Waals surface area contributed by atoms with Gasteiger partial charge in [0.15, 0.2) is 12.1 Å². The Bertz CT molecular complexity index is 777. The minimum atomic E-state index is -0.768. The van der Waals surface area contributed by atoms with E-state index in [4.69, 9.17) is 18.9 Å². The largest absolute Gasteiger partial charge is 0.368 e. The number of unbranched alkanes of at least 4 members (excludes halogenated alkanes) is 9. The molecular weight excluding hydrogens is 472 g/mol. The molecule has 2 fully saturated rings. The molecule has 5 atom stereocenters. The summed E-state index contributed by atoms with van der Waals surface area (Å²) < 4.78 is 24.8. The van der Waals surface area contributed by atoms with Gasteiger partial charge in [0, 0.05) is 12.5 Å². The SMILES string of the molecule is CCCCCCCCCCCCNC(CC(=O)NO)C1O[C@H]2OC(C)(C)O[C@H]2[C@@H]1OCc1ccccc1. The minimum Gasteiger partial charge on any atom is -0.368 e. The van der Waals surface area contributed by atoms with E-state index >= 15 is 0 Å². The van der Waals surface area contributed by atoms with Crippen LogP contribution in [0.25, 0.3) is 0 Å². The molecule has 0 spiro atoms. The quantitative estimate of drug-likeness (QED) is 0.139. The number of amides is 1. The highest BCUT2D eigenvalue weighted by Crippen LogP contribution is 2.40. The molecular formula is C29H48N2O6. The van der Waals surface area contributed by atoms with E-state index in [1.165, 1.54) is 51.4 Å². The average molecular weight is 521 g/mol. The summed E-state index contributed by atoms with van der Waals surface area (Å²) in [5.41, 5.74) is 2.81. The molecule has 0 bridgehead atoms. The highest BCUT2D eigenvalue weighted by Gasteiger charge is 2.57. The molecule has 210 valence electrons. The fraction of sp³-hybridized carbons (Fsp3) is 0.759. The van der Waals surface area contributed by atoms with Gasteiger partial charge < -0.3 is 24.3 Å². The maximum atomic E-state index is 12.2. The van der Waals surface area contributed by atoms with Crippen LogP contribution in [0.4, 0.5) is 0 Å². The number of ether oxygens (including phenoxy) is 4. The average Bonchev–Trinajstić information content (AvgIpc) is 3.37. The molecule has 3 rings (SSSR count). The van der Waals surface area contributed by atoms with E-state index in [9.17, 15) is 10.0 Å². The van der Waals surface area contributed by atoms with E-state index in [0.717, 1.165) is 24.9 Å². The lowest BCUT2D eigenvalue weighted by molar-refractivity contribution is -0.222.